The molecule has 21 heavy (non-hydrogen) atoms. The number of nitro groups is 1. The minimum atomic E-state index is -0.581. The number of benzene rings is 1. The number of rotatable bonds is 2. The van der Waals surface area contributed by atoms with Crippen molar-refractivity contribution < 1.29 is 9.72 Å². The SMILES string of the molecule is C[C@@H]1CCC[C@H](C)N1C(=O)c1cc([N+](=O)[O-])cc(Cl)c1Cl. The van der Waals surface area contributed by atoms with E-state index >= 15 is 0 Å². The van der Waals surface area contributed by atoms with Gasteiger partial charge in [-0.3, -0.25) is 14.9 Å². The number of carbonyl (C=O) groups excluding carboxylic acids is 1. The number of non-ortho nitro benzene ring substituents is 1. The Hall–Kier alpha value is -1.33. The molecule has 1 amide bonds. The van der Waals surface area contributed by atoms with E-state index in [-0.39, 0.29) is 39.3 Å². The molecule has 5 nitrogen and oxygen atoms in total. The zero-order chi connectivity index (χ0) is 15.7. The van der Waals surface area contributed by atoms with Crippen LogP contribution in [0.3, 0.4) is 0 Å². The van der Waals surface area contributed by atoms with Crippen LogP contribution in [0.15, 0.2) is 12.1 Å². The van der Waals surface area contributed by atoms with Crippen molar-refractivity contribution in [1.29, 1.82) is 0 Å². The molecule has 2 atom stereocenters. The molecule has 1 heterocycles. The van der Waals surface area contributed by atoms with Gasteiger partial charge in [0, 0.05) is 24.2 Å². The molecular formula is C14H16Cl2N2O3. The molecule has 0 aliphatic carbocycles. The topological polar surface area (TPSA) is 63.5 Å². The van der Waals surface area contributed by atoms with Crippen molar-refractivity contribution in [3.8, 4) is 0 Å². The maximum Gasteiger partial charge on any atom is 0.271 e. The number of hydrogen-bond acceptors (Lipinski definition) is 3. The number of halogens is 2. The number of hydrogen-bond donors (Lipinski definition) is 0. The van der Waals surface area contributed by atoms with Crippen LogP contribution in [-0.2, 0) is 0 Å². The lowest BCUT2D eigenvalue weighted by atomic mass is 9.96. The summed E-state index contributed by atoms with van der Waals surface area (Å²) in [6.07, 6.45) is 2.89. The molecule has 0 saturated carbocycles. The number of nitro benzene ring substituents is 1. The van der Waals surface area contributed by atoms with Crippen molar-refractivity contribution in [1.82, 2.24) is 4.90 Å². The third kappa shape index (κ3) is 3.14. The summed E-state index contributed by atoms with van der Waals surface area (Å²) < 4.78 is 0. The second-order valence-electron chi connectivity index (χ2n) is 5.39. The lowest BCUT2D eigenvalue weighted by molar-refractivity contribution is -0.384. The van der Waals surface area contributed by atoms with E-state index in [2.05, 4.69) is 0 Å². The Balaban J connectivity index is 2.45. The van der Waals surface area contributed by atoms with Gasteiger partial charge in [-0.25, -0.2) is 0 Å². The van der Waals surface area contributed by atoms with E-state index in [0.717, 1.165) is 25.3 Å². The number of carbonyl (C=O) groups is 1. The van der Waals surface area contributed by atoms with Gasteiger partial charge in [0.15, 0.2) is 0 Å². The molecule has 0 radical (unpaired) electrons. The Morgan fingerprint density at radius 1 is 1.29 bits per heavy atom. The Bertz CT molecular complexity index is 582. The summed E-state index contributed by atoms with van der Waals surface area (Å²) in [5.74, 6) is -0.301. The molecule has 0 N–H and O–H groups in total. The Kier molecular flexibility index (Phi) is 4.74. The molecule has 114 valence electrons. The summed E-state index contributed by atoms with van der Waals surface area (Å²) in [6.45, 7) is 3.95. The Morgan fingerprint density at radius 3 is 2.38 bits per heavy atom. The molecule has 1 aromatic rings. The number of piperidine rings is 1. The highest BCUT2D eigenvalue weighted by atomic mass is 35.5. The molecule has 7 heteroatoms. The van der Waals surface area contributed by atoms with Crippen molar-refractivity contribution in [2.75, 3.05) is 0 Å². The molecule has 1 fully saturated rings. The molecule has 1 aliphatic heterocycles. The zero-order valence-corrected chi connectivity index (χ0v) is 13.3. The van der Waals surface area contributed by atoms with Crippen molar-refractivity contribution in [2.24, 2.45) is 0 Å². The predicted molar refractivity (Wildman–Crippen MR) is 82.1 cm³/mol. The van der Waals surface area contributed by atoms with Crippen LogP contribution in [0.25, 0.3) is 0 Å². The predicted octanol–water partition coefficient (Wildman–Crippen LogP) is 4.30. The normalized spacial score (nSPS) is 22.2. The van der Waals surface area contributed by atoms with Gasteiger partial charge in [-0.05, 0) is 33.1 Å². The highest BCUT2D eigenvalue weighted by Gasteiger charge is 2.32. The maximum atomic E-state index is 12.7. The minimum Gasteiger partial charge on any atom is -0.333 e. The third-order valence-corrected chi connectivity index (χ3v) is 4.68. The summed E-state index contributed by atoms with van der Waals surface area (Å²) in [7, 11) is 0. The van der Waals surface area contributed by atoms with Gasteiger partial charge in [-0.15, -0.1) is 0 Å². The highest BCUT2D eigenvalue weighted by molar-refractivity contribution is 6.44. The number of nitrogens with zero attached hydrogens (tertiary/aromatic N) is 2. The second kappa shape index (κ2) is 6.20. The minimum absolute atomic E-state index is 0.0199. The van der Waals surface area contributed by atoms with Crippen LogP contribution in [0.5, 0.6) is 0 Å². The average molecular weight is 331 g/mol. The molecule has 0 bridgehead atoms. The number of likely N-dealkylation sites (tertiary alicyclic amines) is 1. The molecule has 1 saturated heterocycles. The van der Waals surface area contributed by atoms with E-state index in [1.165, 1.54) is 6.07 Å². The Labute approximate surface area is 133 Å². The summed E-state index contributed by atoms with van der Waals surface area (Å²) in [4.78, 5) is 24.8. The average Bonchev–Trinajstić information content (AvgIpc) is 2.41. The lowest BCUT2D eigenvalue weighted by Gasteiger charge is -2.39. The molecule has 0 unspecified atom stereocenters. The standard InChI is InChI=1S/C14H16Cl2N2O3/c1-8-4-3-5-9(2)17(8)14(19)11-6-10(18(20)21)7-12(15)13(11)16/h6-9H,3-5H2,1-2H3/t8-,9+. The second-order valence-corrected chi connectivity index (χ2v) is 6.17. The van der Waals surface area contributed by atoms with Crippen LogP contribution in [0, 0.1) is 10.1 Å². The summed E-state index contributed by atoms with van der Waals surface area (Å²) >= 11 is 12.0. The summed E-state index contributed by atoms with van der Waals surface area (Å²) in [6, 6.07) is 2.51. The zero-order valence-electron chi connectivity index (χ0n) is 11.8. The first-order valence-electron chi connectivity index (χ1n) is 6.79. The first-order chi connectivity index (χ1) is 9.82. The molecule has 1 aromatic carbocycles. The van der Waals surface area contributed by atoms with Crippen LogP contribution in [0.4, 0.5) is 5.69 Å². The smallest absolute Gasteiger partial charge is 0.271 e. The van der Waals surface area contributed by atoms with E-state index in [0.29, 0.717) is 0 Å². The number of amides is 1. The van der Waals surface area contributed by atoms with Gasteiger partial charge in [0.05, 0.1) is 20.5 Å². The monoisotopic (exact) mass is 330 g/mol. The van der Waals surface area contributed by atoms with Gasteiger partial charge in [0.2, 0.25) is 0 Å². The first-order valence-corrected chi connectivity index (χ1v) is 7.54. The van der Waals surface area contributed by atoms with Crippen LogP contribution < -0.4 is 0 Å². The first kappa shape index (κ1) is 16.0. The van der Waals surface area contributed by atoms with Gasteiger partial charge in [-0.1, -0.05) is 23.2 Å². The Morgan fingerprint density at radius 2 is 1.86 bits per heavy atom. The van der Waals surface area contributed by atoms with E-state index in [1.807, 2.05) is 13.8 Å². The summed E-state index contributed by atoms with van der Waals surface area (Å²) in [5, 5.41) is 11.0. The van der Waals surface area contributed by atoms with E-state index < -0.39 is 4.92 Å². The highest BCUT2D eigenvalue weighted by Crippen LogP contribution is 2.33. The van der Waals surface area contributed by atoms with Gasteiger partial charge in [-0.2, -0.15) is 0 Å². The fraction of sp³-hybridized carbons (Fsp3) is 0.500. The summed E-state index contributed by atoms with van der Waals surface area (Å²) in [5.41, 5.74) is -0.137. The van der Waals surface area contributed by atoms with Crippen molar-refractivity contribution in [2.45, 2.75) is 45.2 Å². The van der Waals surface area contributed by atoms with Gasteiger partial charge >= 0.3 is 0 Å². The molecule has 1 aliphatic rings. The van der Waals surface area contributed by atoms with E-state index in [4.69, 9.17) is 23.2 Å². The van der Waals surface area contributed by atoms with Crippen molar-refractivity contribution in [3.05, 3.63) is 37.9 Å². The third-order valence-electron chi connectivity index (χ3n) is 3.88. The molecule has 0 spiro atoms. The fourth-order valence-electron chi connectivity index (χ4n) is 2.80. The van der Waals surface area contributed by atoms with E-state index in [1.54, 1.807) is 4.90 Å². The van der Waals surface area contributed by atoms with Crippen LogP contribution in [0.1, 0.15) is 43.5 Å². The quantitative estimate of drug-likeness (QED) is 0.599. The van der Waals surface area contributed by atoms with Gasteiger partial charge in [0.1, 0.15) is 0 Å². The fourth-order valence-corrected chi connectivity index (χ4v) is 3.20. The van der Waals surface area contributed by atoms with Crippen LogP contribution >= 0.6 is 23.2 Å². The largest absolute Gasteiger partial charge is 0.333 e. The van der Waals surface area contributed by atoms with Crippen molar-refractivity contribution in [3.63, 3.8) is 0 Å². The lowest BCUT2D eigenvalue weighted by Crippen LogP contribution is -2.47. The van der Waals surface area contributed by atoms with Crippen molar-refractivity contribution >= 4 is 34.8 Å². The van der Waals surface area contributed by atoms with Crippen LogP contribution in [0.2, 0.25) is 10.0 Å². The van der Waals surface area contributed by atoms with Gasteiger partial charge in [0.25, 0.3) is 11.6 Å². The molecule has 0 aromatic heterocycles. The molecular weight excluding hydrogens is 315 g/mol. The maximum absolute atomic E-state index is 12.7. The van der Waals surface area contributed by atoms with Gasteiger partial charge < -0.3 is 4.90 Å². The van der Waals surface area contributed by atoms with E-state index in [9.17, 15) is 14.9 Å². The molecule has 2 rings (SSSR count). The van der Waals surface area contributed by atoms with Crippen LogP contribution in [-0.4, -0.2) is 27.8 Å².